The van der Waals surface area contributed by atoms with Gasteiger partial charge in [-0.2, -0.15) is 4.31 Å². The van der Waals surface area contributed by atoms with Crippen LogP contribution in [0.4, 0.5) is 0 Å². The topological polar surface area (TPSA) is 104 Å². The number of nitrogens with zero attached hydrogens (tertiary/aromatic N) is 2. The largest absolute Gasteiger partial charge is 0.356 e. The van der Waals surface area contributed by atoms with Crippen LogP contribution in [0.3, 0.4) is 0 Å². The SMILES string of the molecule is CC(=O)NCCC(=O)N1CCN(S(=O)(=O)c2ccc(C(C)=O)cc2)CC1. The minimum Gasteiger partial charge on any atom is -0.356 e. The Hall–Kier alpha value is -2.26. The molecule has 142 valence electrons. The molecule has 2 rings (SSSR count). The second-order valence-corrected chi connectivity index (χ2v) is 8.04. The van der Waals surface area contributed by atoms with Gasteiger partial charge >= 0.3 is 0 Å². The van der Waals surface area contributed by atoms with E-state index in [0.717, 1.165) is 0 Å². The number of hydrogen-bond acceptors (Lipinski definition) is 5. The summed E-state index contributed by atoms with van der Waals surface area (Å²) in [4.78, 5) is 35.9. The minimum atomic E-state index is -3.65. The van der Waals surface area contributed by atoms with Gasteiger partial charge < -0.3 is 10.2 Å². The number of ketones is 1. The first-order chi connectivity index (χ1) is 12.2. The maximum Gasteiger partial charge on any atom is 0.243 e. The molecule has 1 heterocycles. The first-order valence-electron chi connectivity index (χ1n) is 8.35. The van der Waals surface area contributed by atoms with Crippen LogP contribution >= 0.6 is 0 Å². The smallest absolute Gasteiger partial charge is 0.243 e. The van der Waals surface area contributed by atoms with Crippen LogP contribution in [0.1, 0.15) is 30.6 Å². The average Bonchev–Trinajstić information content (AvgIpc) is 2.61. The van der Waals surface area contributed by atoms with E-state index in [9.17, 15) is 22.8 Å². The second kappa shape index (κ2) is 8.41. The van der Waals surface area contributed by atoms with Gasteiger partial charge in [0, 0.05) is 51.6 Å². The number of rotatable bonds is 6. The number of Topliss-reactive ketones (excluding diaryl/α,β-unsaturated/α-hetero) is 1. The number of sulfonamides is 1. The van der Waals surface area contributed by atoms with Crippen molar-refractivity contribution in [3.63, 3.8) is 0 Å². The summed E-state index contributed by atoms with van der Waals surface area (Å²) in [6.45, 7) is 4.12. The summed E-state index contributed by atoms with van der Waals surface area (Å²) in [6.07, 6.45) is 0.193. The number of carbonyl (C=O) groups is 3. The summed E-state index contributed by atoms with van der Waals surface area (Å²) in [7, 11) is -3.65. The molecule has 0 bridgehead atoms. The van der Waals surface area contributed by atoms with Gasteiger partial charge in [-0.05, 0) is 19.1 Å². The fourth-order valence-corrected chi connectivity index (χ4v) is 4.11. The summed E-state index contributed by atoms with van der Waals surface area (Å²) >= 11 is 0. The molecule has 0 aliphatic carbocycles. The van der Waals surface area contributed by atoms with Gasteiger partial charge in [0.2, 0.25) is 21.8 Å². The zero-order valence-corrected chi connectivity index (χ0v) is 15.7. The first kappa shape index (κ1) is 20.1. The molecule has 9 heteroatoms. The van der Waals surface area contributed by atoms with Gasteiger partial charge in [-0.1, -0.05) is 12.1 Å². The highest BCUT2D eigenvalue weighted by molar-refractivity contribution is 7.89. The van der Waals surface area contributed by atoms with Crippen LogP contribution in [0.2, 0.25) is 0 Å². The van der Waals surface area contributed by atoms with Crippen LogP contribution in [-0.4, -0.2) is 67.9 Å². The number of carbonyl (C=O) groups excluding carboxylic acids is 3. The molecule has 0 radical (unpaired) electrons. The maximum atomic E-state index is 12.7. The van der Waals surface area contributed by atoms with Crippen molar-refractivity contribution in [1.29, 1.82) is 0 Å². The lowest BCUT2D eigenvalue weighted by atomic mass is 10.2. The molecule has 0 aromatic heterocycles. The summed E-state index contributed by atoms with van der Waals surface area (Å²) < 4.78 is 26.7. The van der Waals surface area contributed by atoms with Crippen molar-refractivity contribution < 1.29 is 22.8 Å². The van der Waals surface area contributed by atoms with E-state index in [-0.39, 0.29) is 48.5 Å². The van der Waals surface area contributed by atoms with Crippen molar-refractivity contribution in [2.24, 2.45) is 0 Å². The number of amides is 2. The lowest BCUT2D eigenvalue weighted by Gasteiger charge is -2.34. The van der Waals surface area contributed by atoms with Crippen LogP contribution in [0.15, 0.2) is 29.2 Å². The van der Waals surface area contributed by atoms with E-state index >= 15 is 0 Å². The van der Waals surface area contributed by atoms with E-state index in [1.54, 1.807) is 4.90 Å². The highest BCUT2D eigenvalue weighted by atomic mass is 32.2. The third kappa shape index (κ3) is 4.89. The van der Waals surface area contributed by atoms with E-state index in [1.165, 1.54) is 42.4 Å². The Kier molecular flexibility index (Phi) is 6.49. The molecule has 0 unspecified atom stereocenters. The van der Waals surface area contributed by atoms with Gasteiger partial charge in [0.1, 0.15) is 0 Å². The Morgan fingerprint density at radius 1 is 1.00 bits per heavy atom. The maximum absolute atomic E-state index is 12.7. The van der Waals surface area contributed by atoms with Crippen molar-refractivity contribution in [3.8, 4) is 0 Å². The molecule has 2 amide bonds. The number of piperazine rings is 1. The van der Waals surface area contributed by atoms with Gasteiger partial charge in [0.25, 0.3) is 0 Å². The zero-order valence-electron chi connectivity index (χ0n) is 14.9. The molecule has 0 saturated carbocycles. The molecule has 1 fully saturated rings. The lowest BCUT2D eigenvalue weighted by Crippen LogP contribution is -2.50. The van der Waals surface area contributed by atoms with Crippen molar-refractivity contribution in [3.05, 3.63) is 29.8 Å². The van der Waals surface area contributed by atoms with Gasteiger partial charge in [-0.25, -0.2) is 8.42 Å². The van der Waals surface area contributed by atoms with Gasteiger partial charge in [-0.3, -0.25) is 14.4 Å². The van der Waals surface area contributed by atoms with Gasteiger partial charge in [0.15, 0.2) is 5.78 Å². The highest BCUT2D eigenvalue weighted by Crippen LogP contribution is 2.18. The third-order valence-corrected chi connectivity index (χ3v) is 6.12. The number of nitrogens with one attached hydrogen (secondary N) is 1. The Balaban J connectivity index is 1.94. The lowest BCUT2D eigenvalue weighted by molar-refractivity contribution is -0.132. The molecule has 8 nitrogen and oxygen atoms in total. The summed E-state index contributed by atoms with van der Waals surface area (Å²) in [6, 6.07) is 5.85. The second-order valence-electron chi connectivity index (χ2n) is 6.10. The molecular formula is C17H23N3O5S. The molecule has 1 aliphatic heterocycles. The van der Waals surface area contributed by atoms with Crippen LogP contribution in [0.5, 0.6) is 0 Å². The third-order valence-electron chi connectivity index (χ3n) is 4.20. The van der Waals surface area contributed by atoms with E-state index in [4.69, 9.17) is 0 Å². The predicted octanol–water partition coefficient (Wildman–Crippen LogP) is 0.248. The predicted molar refractivity (Wildman–Crippen MR) is 95.1 cm³/mol. The number of hydrogen-bond donors (Lipinski definition) is 1. The quantitative estimate of drug-likeness (QED) is 0.712. The Labute approximate surface area is 153 Å². The van der Waals surface area contributed by atoms with Crippen molar-refractivity contribution >= 4 is 27.6 Å². The minimum absolute atomic E-state index is 0.110. The molecule has 0 atom stereocenters. The molecule has 1 saturated heterocycles. The fraction of sp³-hybridized carbons (Fsp3) is 0.471. The van der Waals surface area contributed by atoms with E-state index < -0.39 is 10.0 Å². The van der Waals surface area contributed by atoms with E-state index in [0.29, 0.717) is 18.7 Å². The monoisotopic (exact) mass is 381 g/mol. The highest BCUT2D eigenvalue weighted by Gasteiger charge is 2.29. The molecule has 0 spiro atoms. The average molecular weight is 381 g/mol. The van der Waals surface area contributed by atoms with E-state index in [1.807, 2.05) is 0 Å². The summed E-state index contributed by atoms with van der Waals surface area (Å²) in [5, 5.41) is 2.57. The molecule has 1 N–H and O–H groups in total. The van der Waals surface area contributed by atoms with Crippen LogP contribution in [0, 0.1) is 0 Å². The van der Waals surface area contributed by atoms with Gasteiger partial charge in [0.05, 0.1) is 4.90 Å². The van der Waals surface area contributed by atoms with Crippen LogP contribution < -0.4 is 5.32 Å². The van der Waals surface area contributed by atoms with Crippen molar-refractivity contribution in [2.45, 2.75) is 25.2 Å². The Morgan fingerprint density at radius 2 is 1.58 bits per heavy atom. The molecule has 1 aromatic rings. The Morgan fingerprint density at radius 3 is 2.08 bits per heavy atom. The summed E-state index contributed by atoms with van der Waals surface area (Å²) in [5.74, 6) is -0.425. The standard InChI is InChI=1S/C17H23N3O5S/c1-13(21)15-3-5-16(6-4-15)26(24,25)20-11-9-19(10-12-20)17(23)7-8-18-14(2)22/h3-6H,7-12H2,1-2H3,(H,18,22). The zero-order chi connectivity index (χ0) is 19.3. The van der Waals surface area contributed by atoms with Crippen LogP contribution in [-0.2, 0) is 19.6 Å². The molecule has 26 heavy (non-hydrogen) atoms. The van der Waals surface area contributed by atoms with Crippen molar-refractivity contribution in [1.82, 2.24) is 14.5 Å². The number of benzene rings is 1. The van der Waals surface area contributed by atoms with Crippen LogP contribution in [0.25, 0.3) is 0 Å². The summed E-state index contributed by atoms with van der Waals surface area (Å²) in [5.41, 5.74) is 0.457. The van der Waals surface area contributed by atoms with Gasteiger partial charge in [-0.15, -0.1) is 0 Å². The fourth-order valence-electron chi connectivity index (χ4n) is 2.69. The molecular weight excluding hydrogens is 358 g/mol. The molecule has 1 aliphatic rings. The Bertz CT molecular complexity index is 781. The van der Waals surface area contributed by atoms with E-state index in [2.05, 4.69) is 5.32 Å². The normalized spacial score (nSPS) is 15.5. The van der Waals surface area contributed by atoms with Crippen molar-refractivity contribution in [2.75, 3.05) is 32.7 Å². The molecule has 1 aromatic carbocycles. The first-order valence-corrected chi connectivity index (χ1v) is 9.79.